The summed E-state index contributed by atoms with van der Waals surface area (Å²) in [6.07, 6.45) is 0. The number of ether oxygens (including phenoxy) is 1. The second-order valence-electron chi connectivity index (χ2n) is 9.38. The number of benzene rings is 2. The smallest absolute Gasteiger partial charge is 0.261 e. The molecule has 34 heavy (non-hydrogen) atoms. The summed E-state index contributed by atoms with van der Waals surface area (Å²) < 4.78 is 33.7. The molecule has 180 valence electrons. The van der Waals surface area contributed by atoms with E-state index in [-0.39, 0.29) is 10.3 Å². The third kappa shape index (κ3) is 5.84. The largest absolute Gasteiger partial charge is 0.378 e. The number of anilines is 4. The maximum absolute atomic E-state index is 12.8. The highest BCUT2D eigenvalue weighted by Crippen LogP contribution is 2.25. The van der Waals surface area contributed by atoms with Crippen molar-refractivity contribution in [1.82, 2.24) is 9.97 Å². The molecule has 1 aliphatic heterocycles. The highest BCUT2D eigenvalue weighted by molar-refractivity contribution is 7.92. The third-order valence-corrected chi connectivity index (χ3v) is 6.97. The van der Waals surface area contributed by atoms with Crippen LogP contribution >= 0.6 is 0 Å². The average Bonchev–Trinajstić information content (AvgIpc) is 2.80. The molecular weight excluding hydrogens is 450 g/mol. The lowest BCUT2D eigenvalue weighted by atomic mass is 9.87. The van der Waals surface area contributed by atoms with Crippen molar-refractivity contribution in [2.45, 2.75) is 38.0 Å². The maximum Gasteiger partial charge on any atom is 0.261 e. The van der Waals surface area contributed by atoms with E-state index >= 15 is 0 Å². The standard InChI is InChI=1S/C25H31N5O3S/c1-18-17-23(28-24(26-18)30-13-15-33-16-14-30)27-20-7-9-21(10-8-20)29-34(31,32)22-11-5-19(6-12-22)25(2,3)4/h5-12,17,29H,13-16H2,1-4H3,(H,26,27,28). The first-order chi connectivity index (χ1) is 16.1. The molecule has 0 bridgehead atoms. The van der Waals surface area contributed by atoms with E-state index < -0.39 is 10.0 Å². The molecule has 0 atom stereocenters. The SMILES string of the molecule is Cc1cc(Nc2ccc(NS(=O)(=O)c3ccc(C(C)(C)C)cc3)cc2)nc(N2CCOCC2)n1. The van der Waals surface area contributed by atoms with Gasteiger partial charge in [-0.05, 0) is 54.3 Å². The van der Waals surface area contributed by atoms with Crippen molar-refractivity contribution in [3.63, 3.8) is 0 Å². The number of rotatable bonds is 6. The molecule has 0 saturated carbocycles. The Labute approximate surface area is 201 Å². The quantitative estimate of drug-likeness (QED) is 0.536. The molecule has 2 N–H and O–H groups in total. The van der Waals surface area contributed by atoms with Gasteiger partial charge in [0, 0.05) is 36.2 Å². The van der Waals surface area contributed by atoms with Crippen molar-refractivity contribution in [2.24, 2.45) is 0 Å². The maximum atomic E-state index is 12.8. The Kier molecular flexibility index (Phi) is 6.77. The van der Waals surface area contributed by atoms with Crippen molar-refractivity contribution in [1.29, 1.82) is 0 Å². The fourth-order valence-corrected chi connectivity index (χ4v) is 4.70. The van der Waals surface area contributed by atoms with Gasteiger partial charge in [-0.25, -0.2) is 13.4 Å². The molecule has 1 aromatic heterocycles. The number of nitrogens with zero attached hydrogens (tertiary/aromatic N) is 3. The molecule has 1 saturated heterocycles. The first-order valence-corrected chi connectivity index (χ1v) is 12.8. The molecule has 0 radical (unpaired) electrons. The summed E-state index contributed by atoms with van der Waals surface area (Å²) in [6, 6.07) is 15.9. The molecular formula is C25H31N5O3S. The first kappa shape index (κ1) is 24.0. The highest BCUT2D eigenvalue weighted by atomic mass is 32.2. The topological polar surface area (TPSA) is 96.5 Å². The summed E-state index contributed by atoms with van der Waals surface area (Å²) in [7, 11) is -3.68. The molecule has 4 rings (SSSR count). The summed E-state index contributed by atoms with van der Waals surface area (Å²) in [5, 5.41) is 3.28. The molecule has 3 aromatic rings. The fraction of sp³-hybridized carbons (Fsp3) is 0.360. The minimum atomic E-state index is -3.68. The number of aromatic nitrogens is 2. The molecule has 2 aromatic carbocycles. The number of sulfonamides is 1. The van der Waals surface area contributed by atoms with Crippen LogP contribution in [0.15, 0.2) is 59.5 Å². The van der Waals surface area contributed by atoms with Crippen LogP contribution in [0.25, 0.3) is 0 Å². The van der Waals surface area contributed by atoms with Crippen LogP contribution in [0.4, 0.5) is 23.1 Å². The van der Waals surface area contributed by atoms with Gasteiger partial charge in [0.05, 0.1) is 18.1 Å². The Balaban J connectivity index is 1.45. The molecule has 1 aliphatic rings. The van der Waals surface area contributed by atoms with Crippen molar-refractivity contribution in [2.75, 3.05) is 41.2 Å². The summed E-state index contributed by atoms with van der Waals surface area (Å²) in [5.41, 5.74) is 3.19. The highest BCUT2D eigenvalue weighted by Gasteiger charge is 2.18. The number of nitrogens with one attached hydrogen (secondary N) is 2. The molecule has 9 heteroatoms. The van der Waals surface area contributed by atoms with Gasteiger partial charge in [-0.1, -0.05) is 32.9 Å². The van der Waals surface area contributed by atoms with Crippen LogP contribution < -0.4 is 14.9 Å². The van der Waals surface area contributed by atoms with Crippen molar-refractivity contribution in [3.05, 3.63) is 65.9 Å². The van der Waals surface area contributed by atoms with E-state index in [9.17, 15) is 8.42 Å². The van der Waals surface area contributed by atoms with Crippen LogP contribution in [0.1, 0.15) is 32.0 Å². The Morgan fingerprint density at radius 2 is 1.53 bits per heavy atom. The summed E-state index contributed by atoms with van der Waals surface area (Å²) >= 11 is 0. The number of aryl methyl sites for hydroxylation is 1. The van der Waals surface area contributed by atoms with Gasteiger partial charge in [-0.2, -0.15) is 4.98 Å². The predicted octanol–water partition coefficient (Wildman–Crippen LogP) is 4.46. The zero-order valence-corrected chi connectivity index (χ0v) is 20.8. The third-order valence-electron chi connectivity index (χ3n) is 5.58. The van der Waals surface area contributed by atoms with Crippen LogP contribution in [0, 0.1) is 6.92 Å². The second kappa shape index (κ2) is 9.60. The van der Waals surface area contributed by atoms with Crippen LogP contribution in [0.3, 0.4) is 0 Å². The van der Waals surface area contributed by atoms with E-state index in [0.717, 1.165) is 30.0 Å². The van der Waals surface area contributed by atoms with E-state index in [1.165, 1.54) is 0 Å². The fourth-order valence-electron chi connectivity index (χ4n) is 3.64. The average molecular weight is 482 g/mol. The molecule has 0 amide bonds. The van der Waals surface area contributed by atoms with Crippen molar-refractivity contribution >= 4 is 33.2 Å². The van der Waals surface area contributed by atoms with Gasteiger partial charge in [-0.15, -0.1) is 0 Å². The zero-order valence-electron chi connectivity index (χ0n) is 20.0. The number of morpholine rings is 1. The summed E-state index contributed by atoms with van der Waals surface area (Å²) in [6.45, 7) is 11.1. The number of hydrogen-bond donors (Lipinski definition) is 2. The van der Waals surface area contributed by atoms with Crippen LogP contribution in [0.2, 0.25) is 0 Å². The monoisotopic (exact) mass is 481 g/mol. The summed E-state index contributed by atoms with van der Waals surface area (Å²) in [4.78, 5) is 11.5. The lowest BCUT2D eigenvalue weighted by Gasteiger charge is -2.27. The predicted molar refractivity (Wildman–Crippen MR) is 135 cm³/mol. The van der Waals surface area contributed by atoms with Crippen LogP contribution in [-0.4, -0.2) is 44.7 Å². The molecule has 2 heterocycles. The van der Waals surface area contributed by atoms with E-state index in [1.807, 2.05) is 37.3 Å². The van der Waals surface area contributed by atoms with E-state index in [0.29, 0.717) is 30.7 Å². The minimum absolute atomic E-state index is 0.0380. The van der Waals surface area contributed by atoms with Gasteiger partial charge >= 0.3 is 0 Å². The molecule has 0 aliphatic carbocycles. The van der Waals surface area contributed by atoms with Gasteiger partial charge in [0.15, 0.2) is 0 Å². The molecule has 0 unspecified atom stereocenters. The molecule has 8 nitrogen and oxygen atoms in total. The van der Waals surface area contributed by atoms with Gasteiger partial charge in [0.25, 0.3) is 10.0 Å². The lowest BCUT2D eigenvalue weighted by molar-refractivity contribution is 0.122. The van der Waals surface area contributed by atoms with Crippen LogP contribution in [0.5, 0.6) is 0 Å². The van der Waals surface area contributed by atoms with Crippen LogP contribution in [-0.2, 0) is 20.2 Å². The van der Waals surface area contributed by atoms with E-state index in [1.54, 1.807) is 24.3 Å². The van der Waals surface area contributed by atoms with Gasteiger partial charge < -0.3 is 15.0 Å². The number of hydrogen-bond acceptors (Lipinski definition) is 7. The molecule has 0 spiro atoms. The van der Waals surface area contributed by atoms with Crippen molar-refractivity contribution in [3.8, 4) is 0 Å². The van der Waals surface area contributed by atoms with E-state index in [4.69, 9.17) is 4.74 Å². The zero-order chi connectivity index (χ0) is 24.3. The molecule has 1 fully saturated rings. The normalized spacial score (nSPS) is 14.6. The second-order valence-corrected chi connectivity index (χ2v) is 11.1. The Hall–Kier alpha value is -3.17. The van der Waals surface area contributed by atoms with Gasteiger partial charge in [0.1, 0.15) is 5.82 Å². The minimum Gasteiger partial charge on any atom is -0.378 e. The van der Waals surface area contributed by atoms with Crippen molar-refractivity contribution < 1.29 is 13.2 Å². The lowest BCUT2D eigenvalue weighted by Crippen LogP contribution is -2.37. The van der Waals surface area contributed by atoms with Gasteiger partial charge in [-0.3, -0.25) is 4.72 Å². The Morgan fingerprint density at radius 3 is 2.15 bits per heavy atom. The Morgan fingerprint density at radius 1 is 0.912 bits per heavy atom. The van der Waals surface area contributed by atoms with E-state index in [2.05, 4.69) is 45.7 Å². The van der Waals surface area contributed by atoms with Gasteiger partial charge in [0.2, 0.25) is 5.95 Å². The summed E-state index contributed by atoms with van der Waals surface area (Å²) in [5.74, 6) is 1.36. The first-order valence-electron chi connectivity index (χ1n) is 11.3. The Bertz CT molecular complexity index is 1230.